The van der Waals surface area contributed by atoms with Crippen LogP contribution in [0.25, 0.3) is 0 Å². The Balaban J connectivity index is 1.69. The van der Waals surface area contributed by atoms with Crippen LogP contribution in [0.15, 0.2) is 18.3 Å². The summed E-state index contributed by atoms with van der Waals surface area (Å²) in [6.07, 6.45) is 5.77. The molecule has 4 heteroatoms. The second-order valence-electron chi connectivity index (χ2n) is 4.31. The van der Waals surface area contributed by atoms with Gasteiger partial charge in [-0.2, -0.15) is 0 Å². The van der Waals surface area contributed by atoms with Gasteiger partial charge in [0.25, 0.3) is 0 Å². The van der Waals surface area contributed by atoms with Crippen molar-refractivity contribution >= 4 is 11.5 Å². The van der Waals surface area contributed by atoms with Gasteiger partial charge >= 0.3 is 0 Å². The Labute approximate surface area is 96.8 Å². The first kappa shape index (κ1) is 11.2. The van der Waals surface area contributed by atoms with Crippen molar-refractivity contribution in [3.05, 3.63) is 18.3 Å². The van der Waals surface area contributed by atoms with Crippen molar-refractivity contribution in [1.29, 1.82) is 0 Å². The summed E-state index contributed by atoms with van der Waals surface area (Å²) in [4.78, 5) is 6.71. The number of aromatic nitrogens is 1. The van der Waals surface area contributed by atoms with Crippen molar-refractivity contribution in [2.45, 2.75) is 19.3 Å². The molecule has 1 aromatic heterocycles. The van der Waals surface area contributed by atoms with Crippen LogP contribution in [0.1, 0.15) is 19.3 Å². The number of hydrogen-bond donors (Lipinski definition) is 2. The molecule has 0 bridgehead atoms. The van der Waals surface area contributed by atoms with Crippen LogP contribution in [-0.4, -0.2) is 36.1 Å². The zero-order valence-corrected chi connectivity index (χ0v) is 9.65. The summed E-state index contributed by atoms with van der Waals surface area (Å²) in [5.74, 6) is 0.909. The largest absolute Gasteiger partial charge is 0.397 e. The van der Waals surface area contributed by atoms with Gasteiger partial charge < -0.3 is 16.0 Å². The third-order valence-corrected chi connectivity index (χ3v) is 2.97. The van der Waals surface area contributed by atoms with Gasteiger partial charge in [0.2, 0.25) is 0 Å². The van der Waals surface area contributed by atoms with Crippen molar-refractivity contribution in [2.24, 2.45) is 0 Å². The highest BCUT2D eigenvalue weighted by molar-refractivity contribution is 5.43. The van der Waals surface area contributed by atoms with Crippen LogP contribution in [0.4, 0.5) is 11.5 Å². The Morgan fingerprint density at radius 3 is 2.75 bits per heavy atom. The van der Waals surface area contributed by atoms with E-state index in [0.29, 0.717) is 5.69 Å². The van der Waals surface area contributed by atoms with Crippen molar-refractivity contribution in [3.8, 4) is 0 Å². The van der Waals surface area contributed by atoms with Gasteiger partial charge in [-0.1, -0.05) is 6.42 Å². The number of likely N-dealkylation sites (tertiary alicyclic amines) is 1. The number of nitrogen functional groups attached to an aromatic ring is 1. The standard InChI is InChI=1S/C12H20N4/c13-11-4-5-12(15-10-11)14-6-9-16-7-2-1-3-8-16/h4-5,10H,1-3,6-9,13H2,(H,14,15). The average Bonchev–Trinajstić information content (AvgIpc) is 2.33. The number of anilines is 2. The van der Waals surface area contributed by atoms with E-state index < -0.39 is 0 Å². The Morgan fingerprint density at radius 2 is 2.06 bits per heavy atom. The van der Waals surface area contributed by atoms with Gasteiger partial charge in [-0.05, 0) is 38.1 Å². The lowest BCUT2D eigenvalue weighted by atomic mass is 10.1. The van der Waals surface area contributed by atoms with E-state index in [9.17, 15) is 0 Å². The molecule has 0 aliphatic carbocycles. The van der Waals surface area contributed by atoms with Crippen LogP contribution in [-0.2, 0) is 0 Å². The lowest BCUT2D eigenvalue weighted by molar-refractivity contribution is 0.237. The molecule has 1 fully saturated rings. The number of hydrogen-bond acceptors (Lipinski definition) is 4. The van der Waals surface area contributed by atoms with Gasteiger partial charge in [-0.3, -0.25) is 0 Å². The van der Waals surface area contributed by atoms with Crippen molar-refractivity contribution < 1.29 is 0 Å². The van der Waals surface area contributed by atoms with E-state index >= 15 is 0 Å². The van der Waals surface area contributed by atoms with E-state index in [1.165, 1.54) is 32.4 Å². The summed E-state index contributed by atoms with van der Waals surface area (Å²) in [6, 6.07) is 3.79. The van der Waals surface area contributed by atoms with Crippen LogP contribution >= 0.6 is 0 Å². The van der Waals surface area contributed by atoms with Gasteiger partial charge in [0.1, 0.15) is 5.82 Å². The first-order chi connectivity index (χ1) is 7.84. The van der Waals surface area contributed by atoms with E-state index in [2.05, 4.69) is 15.2 Å². The molecule has 1 aliphatic rings. The quantitative estimate of drug-likeness (QED) is 0.808. The lowest BCUT2D eigenvalue weighted by Crippen LogP contribution is -2.33. The molecule has 0 aromatic carbocycles. The molecule has 0 atom stereocenters. The molecule has 3 N–H and O–H groups in total. The molecular weight excluding hydrogens is 200 g/mol. The fourth-order valence-corrected chi connectivity index (χ4v) is 2.03. The molecular formula is C12H20N4. The molecule has 0 radical (unpaired) electrons. The van der Waals surface area contributed by atoms with E-state index in [4.69, 9.17) is 5.73 Å². The first-order valence-corrected chi connectivity index (χ1v) is 6.02. The number of nitrogens with two attached hydrogens (primary N) is 1. The molecule has 2 heterocycles. The van der Waals surface area contributed by atoms with Crippen LogP contribution < -0.4 is 11.1 Å². The zero-order chi connectivity index (χ0) is 11.2. The van der Waals surface area contributed by atoms with Crippen LogP contribution in [0.5, 0.6) is 0 Å². The highest BCUT2D eigenvalue weighted by Crippen LogP contribution is 2.08. The Kier molecular flexibility index (Phi) is 3.99. The summed E-state index contributed by atoms with van der Waals surface area (Å²) in [6.45, 7) is 4.55. The topological polar surface area (TPSA) is 54.2 Å². The molecule has 88 valence electrons. The molecule has 1 aromatic rings. The van der Waals surface area contributed by atoms with E-state index in [-0.39, 0.29) is 0 Å². The maximum atomic E-state index is 5.57. The van der Waals surface area contributed by atoms with Crippen LogP contribution in [0.2, 0.25) is 0 Å². The van der Waals surface area contributed by atoms with Gasteiger partial charge in [0.15, 0.2) is 0 Å². The minimum Gasteiger partial charge on any atom is -0.397 e. The Hall–Kier alpha value is -1.29. The number of piperidine rings is 1. The van der Waals surface area contributed by atoms with Gasteiger partial charge in [-0.15, -0.1) is 0 Å². The third-order valence-electron chi connectivity index (χ3n) is 2.97. The van der Waals surface area contributed by atoms with E-state index in [1.807, 2.05) is 12.1 Å². The average molecular weight is 220 g/mol. The van der Waals surface area contributed by atoms with E-state index in [0.717, 1.165) is 18.9 Å². The molecule has 16 heavy (non-hydrogen) atoms. The number of rotatable bonds is 4. The van der Waals surface area contributed by atoms with Crippen molar-refractivity contribution in [2.75, 3.05) is 37.2 Å². The minimum absolute atomic E-state index is 0.710. The molecule has 1 aliphatic heterocycles. The summed E-state index contributed by atoms with van der Waals surface area (Å²) >= 11 is 0. The molecule has 1 saturated heterocycles. The second-order valence-corrected chi connectivity index (χ2v) is 4.31. The maximum Gasteiger partial charge on any atom is 0.126 e. The number of nitrogens with one attached hydrogen (secondary N) is 1. The Bertz CT molecular complexity index is 303. The number of nitrogens with zero attached hydrogens (tertiary/aromatic N) is 2. The van der Waals surface area contributed by atoms with Crippen LogP contribution in [0.3, 0.4) is 0 Å². The smallest absolute Gasteiger partial charge is 0.126 e. The summed E-state index contributed by atoms with van der Waals surface area (Å²) in [7, 11) is 0. The number of pyridine rings is 1. The normalized spacial score (nSPS) is 17.2. The molecule has 4 nitrogen and oxygen atoms in total. The van der Waals surface area contributed by atoms with Crippen LogP contribution in [0, 0.1) is 0 Å². The highest BCUT2D eigenvalue weighted by atomic mass is 15.1. The Morgan fingerprint density at radius 1 is 1.25 bits per heavy atom. The fourth-order valence-electron chi connectivity index (χ4n) is 2.03. The molecule has 0 saturated carbocycles. The summed E-state index contributed by atoms with van der Waals surface area (Å²) < 4.78 is 0. The van der Waals surface area contributed by atoms with Gasteiger partial charge in [0, 0.05) is 13.1 Å². The fraction of sp³-hybridized carbons (Fsp3) is 0.583. The van der Waals surface area contributed by atoms with Gasteiger partial charge in [0.05, 0.1) is 11.9 Å². The molecule has 0 amide bonds. The lowest BCUT2D eigenvalue weighted by Gasteiger charge is -2.26. The predicted molar refractivity (Wildman–Crippen MR) is 67.4 cm³/mol. The second kappa shape index (κ2) is 5.70. The predicted octanol–water partition coefficient (Wildman–Crippen LogP) is 1.56. The van der Waals surface area contributed by atoms with Crippen molar-refractivity contribution in [3.63, 3.8) is 0 Å². The third kappa shape index (κ3) is 3.38. The zero-order valence-electron chi connectivity index (χ0n) is 9.65. The van der Waals surface area contributed by atoms with Gasteiger partial charge in [-0.25, -0.2) is 4.98 Å². The monoisotopic (exact) mass is 220 g/mol. The molecule has 2 rings (SSSR count). The molecule has 0 unspecified atom stereocenters. The van der Waals surface area contributed by atoms with Crippen molar-refractivity contribution in [1.82, 2.24) is 9.88 Å². The van der Waals surface area contributed by atoms with E-state index in [1.54, 1.807) is 6.20 Å². The summed E-state index contributed by atoms with van der Waals surface area (Å²) in [5.41, 5.74) is 6.28. The maximum absolute atomic E-state index is 5.57. The first-order valence-electron chi connectivity index (χ1n) is 6.02. The minimum atomic E-state index is 0.710. The molecule has 0 spiro atoms. The highest BCUT2D eigenvalue weighted by Gasteiger charge is 2.08. The SMILES string of the molecule is Nc1ccc(NCCN2CCCCC2)nc1. The summed E-state index contributed by atoms with van der Waals surface area (Å²) in [5, 5.41) is 3.31.